The maximum Gasteiger partial charge on any atom is 0.225 e. The minimum Gasteiger partial charge on any atom is -0.381 e. The predicted molar refractivity (Wildman–Crippen MR) is 78.5 cm³/mol. The van der Waals surface area contributed by atoms with Gasteiger partial charge < -0.3 is 10.1 Å². The molecule has 0 unspecified atom stereocenters. The zero-order chi connectivity index (χ0) is 13.9. The molecule has 2 heterocycles. The van der Waals surface area contributed by atoms with Crippen molar-refractivity contribution in [2.75, 3.05) is 19.8 Å². The normalized spacial score (nSPS) is 19.1. The Morgan fingerprint density at radius 2 is 2.11 bits per heavy atom. The summed E-state index contributed by atoms with van der Waals surface area (Å²) in [5.41, 5.74) is -0.269. The maximum atomic E-state index is 12.1. The van der Waals surface area contributed by atoms with Crippen molar-refractivity contribution < 1.29 is 9.53 Å². The number of rotatable bonds is 3. The highest BCUT2D eigenvalue weighted by atomic mass is 32.1. The number of ether oxygens (including phenoxy) is 1. The van der Waals surface area contributed by atoms with E-state index in [1.165, 1.54) is 4.88 Å². The molecule has 3 nitrogen and oxygen atoms in total. The Labute approximate surface area is 119 Å². The van der Waals surface area contributed by atoms with E-state index in [4.69, 9.17) is 4.74 Å². The first-order valence-corrected chi connectivity index (χ1v) is 7.72. The summed E-state index contributed by atoms with van der Waals surface area (Å²) in [7, 11) is 0. The smallest absolute Gasteiger partial charge is 0.225 e. The van der Waals surface area contributed by atoms with Crippen molar-refractivity contribution >= 4 is 17.2 Å². The molecule has 0 aliphatic carbocycles. The third-order valence-corrected chi connectivity index (χ3v) is 4.88. The third-order valence-electron chi connectivity index (χ3n) is 3.76. The zero-order valence-corrected chi connectivity index (χ0v) is 12.8. The van der Waals surface area contributed by atoms with Gasteiger partial charge in [0.05, 0.1) is 0 Å². The molecule has 4 heteroatoms. The average Bonchev–Trinajstić information content (AvgIpc) is 2.90. The lowest BCUT2D eigenvalue weighted by molar-refractivity contribution is -0.129. The molecule has 1 aromatic rings. The highest BCUT2D eigenvalue weighted by Crippen LogP contribution is 2.37. The Bertz CT molecular complexity index is 414. The fourth-order valence-corrected chi connectivity index (χ4v) is 3.35. The summed E-state index contributed by atoms with van der Waals surface area (Å²) < 4.78 is 5.49. The SMILES string of the molecule is CC(C)(C)C(=O)NCC1(c2cccs2)CCOCC1. The largest absolute Gasteiger partial charge is 0.381 e. The molecular formula is C15H23NO2S. The van der Waals surface area contributed by atoms with Gasteiger partial charge in [-0.2, -0.15) is 0 Å². The van der Waals surface area contributed by atoms with Crippen LogP contribution in [0.3, 0.4) is 0 Å². The topological polar surface area (TPSA) is 38.3 Å². The van der Waals surface area contributed by atoms with E-state index in [0.717, 1.165) is 26.1 Å². The van der Waals surface area contributed by atoms with Gasteiger partial charge in [0.1, 0.15) is 0 Å². The lowest BCUT2D eigenvalue weighted by Crippen LogP contribution is -2.46. The summed E-state index contributed by atoms with van der Waals surface area (Å²) in [4.78, 5) is 13.4. The fraction of sp³-hybridized carbons (Fsp3) is 0.667. The first-order chi connectivity index (χ1) is 8.94. The van der Waals surface area contributed by atoms with Crippen LogP contribution in [0.25, 0.3) is 0 Å². The summed E-state index contributed by atoms with van der Waals surface area (Å²) in [5.74, 6) is 0.120. The van der Waals surface area contributed by atoms with Crippen LogP contribution in [0.1, 0.15) is 38.5 Å². The van der Waals surface area contributed by atoms with Gasteiger partial charge >= 0.3 is 0 Å². The van der Waals surface area contributed by atoms with Gasteiger partial charge in [0, 0.05) is 35.5 Å². The van der Waals surface area contributed by atoms with E-state index >= 15 is 0 Å². The van der Waals surface area contributed by atoms with Crippen LogP contribution in [0.5, 0.6) is 0 Å². The minimum absolute atomic E-state index is 0.0628. The van der Waals surface area contributed by atoms with E-state index in [1.807, 2.05) is 20.8 Å². The van der Waals surface area contributed by atoms with Crippen molar-refractivity contribution in [2.45, 2.75) is 39.0 Å². The van der Waals surface area contributed by atoms with Gasteiger partial charge in [0.2, 0.25) is 5.91 Å². The minimum atomic E-state index is -0.332. The molecule has 1 aromatic heterocycles. The van der Waals surface area contributed by atoms with Gasteiger partial charge in [-0.3, -0.25) is 4.79 Å². The summed E-state index contributed by atoms with van der Waals surface area (Å²) in [6.45, 7) is 8.12. The number of carbonyl (C=O) groups is 1. The lowest BCUT2D eigenvalue weighted by Gasteiger charge is -2.37. The molecule has 1 saturated heterocycles. The van der Waals surface area contributed by atoms with Gasteiger partial charge in [-0.25, -0.2) is 0 Å². The monoisotopic (exact) mass is 281 g/mol. The fourth-order valence-electron chi connectivity index (χ4n) is 2.37. The molecule has 1 aliphatic heterocycles. The molecule has 1 amide bonds. The number of amides is 1. The summed E-state index contributed by atoms with van der Waals surface area (Å²) in [6.07, 6.45) is 1.97. The second-order valence-corrected chi connectivity index (χ2v) is 7.25. The summed E-state index contributed by atoms with van der Waals surface area (Å²) in [5, 5.41) is 5.24. The number of hydrogen-bond acceptors (Lipinski definition) is 3. The molecule has 0 spiro atoms. The van der Waals surface area contributed by atoms with Gasteiger partial charge in [-0.05, 0) is 24.3 Å². The van der Waals surface area contributed by atoms with E-state index in [2.05, 4.69) is 22.8 Å². The standard InChI is InChI=1S/C15H23NO2S/c1-14(2,3)13(17)16-11-15(6-8-18-9-7-15)12-5-4-10-19-12/h4-5,10H,6-9,11H2,1-3H3,(H,16,17). The second kappa shape index (κ2) is 5.63. The van der Waals surface area contributed by atoms with Crippen LogP contribution >= 0.6 is 11.3 Å². The molecule has 106 valence electrons. The zero-order valence-electron chi connectivity index (χ0n) is 12.0. The molecule has 0 saturated carbocycles. The molecule has 1 fully saturated rings. The Kier molecular flexibility index (Phi) is 4.31. The molecule has 2 rings (SSSR count). The molecule has 0 aromatic carbocycles. The van der Waals surface area contributed by atoms with Crippen molar-refractivity contribution in [3.05, 3.63) is 22.4 Å². The first-order valence-electron chi connectivity index (χ1n) is 6.84. The lowest BCUT2D eigenvalue weighted by atomic mass is 9.78. The average molecular weight is 281 g/mol. The van der Waals surface area contributed by atoms with E-state index in [0.29, 0.717) is 6.54 Å². The molecule has 0 atom stereocenters. The van der Waals surface area contributed by atoms with Crippen molar-refractivity contribution in [3.8, 4) is 0 Å². The molecule has 1 N–H and O–H groups in total. The quantitative estimate of drug-likeness (QED) is 0.925. The van der Waals surface area contributed by atoms with Crippen molar-refractivity contribution in [1.29, 1.82) is 0 Å². The van der Waals surface area contributed by atoms with Crippen LogP contribution in [0.15, 0.2) is 17.5 Å². The van der Waals surface area contributed by atoms with Crippen LogP contribution in [0.4, 0.5) is 0 Å². The van der Waals surface area contributed by atoms with Gasteiger partial charge in [0.25, 0.3) is 0 Å². The summed E-state index contributed by atoms with van der Waals surface area (Å²) in [6, 6.07) is 4.27. The summed E-state index contributed by atoms with van der Waals surface area (Å²) >= 11 is 1.78. The highest BCUT2D eigenvalue weighted by molar-refractivity contribution is 7.10. The Morgan fingerprint density at radius 3 is 2.63 bits per heavy atom. The van der Waals surface area contributed by atoms with Crippen LogP contribution in [0.2, 0.25) is 0 Å². The molecule has 0 bridgehead atoms. The Morgan fingerprint density at radius 1 is 1.42 bits per heavy atom. The van der Waals surface area contributed by atoms with Crippen molar-refractivity contribution in [3.63, 3.8) is 0 Å². The number of hydrogen-bond donors (Lipinski definition) is 1. The number of carbonyl (C=O) groups excluding carboxylic acids is 1. The van der Waals surface area contributed by atoms with Crippen molar-refractivity contribution in [1.82, 2.24) is 5.32 Å². The van der Waals surface area contributed by atoms with Crippen LogP contribution in [-0.2, 0) is 14.9 Å². The van der Waals surface area contributed by atoms with E-state index in [9.17, 15) is 4.79 Å². The maximum absolute atomic E-state index is 12.1. The Hall–Kier alpha value is -0.870. The third kappa shape index (κ3) is 3.37. The van der Waals surface area contributed by atoms with E-state index in [-0.39, 0.29) is 16.7 Å². The number of thiophene rings is 1. The highest BCUT2D eigenvalue weighted by Gasteiger charge is 2.36. The van der Waals surface area contributed by atoms with Crippen LogP contribution in [-0.4, -0.2) is 25.7 Å². The number of nitrogens with one attached hydrogen (secondary N) is 1. The van der Waals surface area contributed by atoms with E-state index < -0.39 is 0 Å². The first kappa shape index (κ1) is 14.5. The molecule has 1 aliphatic rings. The van der Waals surface area contributed by atoms with Gasteiger partial charge in [0.15, 0.2) is 0 Å². The molecule has 0 radical (unpaired) electrons. The molecular weight excluding hydrogens is 258 g/mol. The second-order valence-electron chi connectivity index (χ2n) is 6.30. The van der Waals surface area contributed by atoms with Crippen LogP contribution in [0, 0.1) is 5.41 Å². The molecule has 19 heavy (non-hydrogen) atoms. The van der Waals surface area contributed by atoms with E-state index in [1.54, 1.807) is 11.3 Å². The van der Waals surface area contributed by atoms with Gasteiger partial charge in [-0.15, -0.1) is 11.3 Å². The Balaban J connectivity index is 2.09. The van der Waals surface area contributed by atoms with Crippen molar-refractivity contribution in [2.24, 2.45) is 5.41 Å². The van der Waals surface area contributed by atoms with Crippen LogP contribution < -0.4 is 5.32 Å². The van der Waals surface area contributed by atoms with Gasteiger partial charge in [-0.1, -0.05) is 26.8 Å². The predicted octanol–water partition coefficient (Wildman–Crippen LogP) is 2.96.